The molecule has 0 aromatic heterocycles. The Hall–Kier alpha value is -2.09. The molecule has 8 heteroatoms. The van der Waals surface area contributed by atoms with Gasteiger partial charge in [0.15, 0.2) is 5.96 Å². The van der Waals surface area contributed by atoms with E-state index in [0.29, 0.717) is 37.1 Å². The molecular formula is C19H30N4O3S. The standard InChI is InChI=1S/C19H30N4O3S/c1-19(2,3)26-18(24)23-12-16(13-23)22-17(20-4)21-10-11-27(25)14-15-8-6-5-7-9-15/h5-9,16H,10-14H2,1-4H3,(H2,20,21,22). The molecule has 2 N–H and O–H groups in total. The minimum absolute atomic E-state index is 0.138. The van der Waals surface area contributed by atoms with Gasteiger partial charge in [-0.3, -0.25) is 9.20 Å². The van der Waals surface area contributed by atoms with Crippen molar-refractivity contribution in [2.75, 3.05) is 32.4 Å². The highest BCUT2D eigenvalue weighted by Crippen LogP contribution is 2.15. The van der Waals surface area contributed by atoms with Gasteiger partial charge in [0, 0.05) is 49.0 Å². The van der Waals surface area contributed by atoms with Crippen LogP contribution in [-0.2, 0) is 21.3 Å². The number of nitrogens with one attached hydrogen (secondary N) is 2. The summed E-state index contributed by atoms with van der Waals surface area (Å²) < 4.78 is 17.5. The van der Waals surface area contributed by atoms with Crippen LogP contribution in [0.2, 0.25) is 0 Å². The number of nitrogens with zero attached hydrogens (tertiary/aromatic N) is 2. The molecule has 1 heterocycles. The smallest absolute Gasteiger partial charge is 0.410 e. The lowest BCUT2D eigenvalue weighted by Gasteiger charge is -2.40. The number of carbonyl (C=O) groups is 1. The van der Waals surface area contributed by atoms with Crippen molar-refractivity contribution >= 4 is 22.9 Å². The fraction of sp³-hybridized carbons (Fsp3) is 0.579. The Balaban J connectivity index is 1.64. The van der Waals surface area contributed by atoms with Crippen LogP contribution in [0.4, 0.5) is 4.79 Å². The molecule has 2 rings (SSSR count). The summed E-state index contributed by atoms with van der Waals surface area (Å²) in [5, 5.41) is 6.44. The van der Waals surface area contributed by atoms with Gasteiger partial charge in [0.1, 0.15) is 5.60 Å². The van der Waals surface area contributed by atoms with Crippen LogP contribution in [0.25, 0.3) is 0 Å². The summed E-state index contributed by atoms with van der Waals surface area (Å²) in [5.74, 6) is 1.76. The van der Waals surface area contributed by atoms with Crippen LogP contribution >= 0.6 is 0 Å². The third kappa shape index (κ3) is 7.58. The maximum absolute atomic E-state index is 12.2. The number of hydrogen-bond donors (Lipinski definition) is 2. The predicted molar refractivity (Wildman–Crippen MR) is 109 cm³/mol. The molecule has 0 spiro atoms. The van der Waals surface area contributed by atoms with Gasteiger partial charge in [0.25, 0.3) is 0 Å². The molecule has 27 heavy (non-hydrogen) atoms. The number of amides is 1. The van der Waals surface area contributed by atoms with Crippen molar-refractivity contribution in [2.45, 2.75) is 38.2 Å². The van der Waals surface area contributed by atoms with Crippen LogP contribution in [0.15, 0.2) is 35.3 Å². The second kappa shape index (κ2) is 9.73. The van der Waals surface area contributed by atoms with Crippen molar-refractivity contribution in [3.05, 3.63) is 35.9 Å². The zero-order valence-electron chi connectivity index (χ0n) is 16.5. The highest BCUT2D eigenvalue weighted by molar-refractivity contribution is 7.84. The lowest BCUT2D eigenvalue weighted by atomic mass is 10.1. The summed E-state index contributed by atoms with van der Waals surface area (Å²) in [7, 11) is 0.769. The van der Waals surface area contributed by atoms with E-state index in [1.807, 2.05) is 51.1 Å². The normalized spacial score (nSPS) is 16.4. The lowest BCUT2D eigenvalue weighted by Crippen LogP contribution is -2.63. The largest absolute Gasteiger partial charge is 0.444 e. The second-order valence-corrected chi connectivity index (χ2v) is 9.08. The van der Waals surface area contributed by atoms with Gasteiger partial charge in [-0.25, -0.2) is 4.79 Å². The first kappa shape index (κ1) is 21.2. The Bertz CT molecular complexity index is 667. The zero-order valence-corrected chi connectivity index (χ0v) is 17.3. The zero-order chi connectivity index (χ0) is 19.9. The van der Waals surface area contributed by atoms with E-state index in [9.17, 15) is 9.00 Å². The van der Waals surface area contributed by atoms with Gasteiger partial charge in [0.2, 0.25) is 0 Å². The van der Waals surface area contributed by atoms with Gasteiger partial charge in [-0.05, 0) is 26.3 Å². The van der Waals surface area contributed by atoms with E-state index in [1.54, 1.807) is 11.9 Å². The molecule has 1 aliphatic heterocycles. The van der Waals surface area contributed by atoms with Gasteiger partial charge in [-0.2, -0.15) is 0 Å². The number of rotatable bonds is 6. The van der Waals surface area contributed by atoms with Crippen LogP contribution in [0.5, 0.6) is 0 Å². The van der Waals surface area contributed by atoms with Crippen LogP contribution in [0.1, 0.15) is 26.3 Å². The minimum atomic E-state index is -0.926. The second-order valence-electron chi connectivity index (χ2n) is 7.50. The van der Waals surface area contributed by atoms with E-state index in [-0.39, 0.29) is 12.1 Å². The highest BCUT2D eigenvalue weighted by atomic mass is 32.2. The average molecular weight is 395 g/mol. The number of likely N-dealkylation sites (tertiary alicyclic amines) is 1. The summed E-state index contributed by atoms with van der Waals surface area (Å²) in [6.07, 6.45) is -0.292. The molecule has 0 radical (unpaired) electrons. The number of benzene rings is 1. The van der Waals surface area contributed by atoms with E-state index in [4.69, 9.17) is 4.74 Å². The van der Waals surface area contributed by atoms with Crippen molar-refractivity contribution in [1.82, 2.24) is 15.5 Å². The fourth-order valence-corrected chi connectivity index (χ4v) is 3.59. The molecule has 1 amide bonds. The first-order valence-corrected chi connectivity index (χ1v) is 10.6. The van der Waals surface area contributed by atoms with E-state index < -0.39 is 16.4 Å². The first-order valence-electron chi connectivity index (χ1n) is 9.11. The quantitative estimate of drug-likeness (QED) is 0.567. The summed E-state index contributed by atoms with van der Waals surface area (Å²) in [6, 6.07) is 9.97. The van der Waals surface area contributed by atoms with Crippen molar-refractivity contribution < 1.29 is 13.7 Å². The number of aliphatic imine (C=N–C) groups is 1. The van der Waals surface area contributed by atoms with Crippen molar-refractivity contribution in [3.8, 4) is 0 Å². The summed E-state index contributed by atoms with van der Waals surface area (Å²) in [6.45, 7) is 7.29. The number of carbonyl (C=O) groups excluding carboxylic acids is 1. The maximum Gasteiger partial charge on any atom is 0.410 e. The van der Waals surface area contributed by atoms with Crippen LogP contribution < -0.4 is 10.6 Å². The Labute approximate surface area is 164 Å². The van der Waals surface area contributed by atoms with Crippen molar-refractivity contribution in [3.63, 3.8) is 0 Å². The molecule has 1 fully saturated rings. The topological polar surface area (TPSA) is 83.0 Å². The lowest BCUT2D eigenvalue weighted by molar-refractivity contribution is 0.00701. The van der Waals surface area contributed by atoms with Gasteiger partial charge in [-0.1, -0.05) is 30.3 Å². The van der Waals surface area contributed by atoms with Crippen LogP contribution in [0.3, 0.4) is 0 Å². The predicted octanol–water partition coefficient (Wildman–Crippen LogP) is 1.72. The Kier molecular flexibility index (Phi) is 7.65. The molecule has 1 unspecified atom stereocenters. The van der Waals surface area contributed by atoms with Gasteiger partial charge >= 0.3 is 6.09 Å². The molecule has 0 bridgehead atoms. The van der Waals surface area contributed by atoms with E-state index in [2.05, 4.69) is 15.6 Å². The Morgan fingerprint density at radius 1 is 1.30 bits per heavy atom. The molecule has 0 aliphatic carbocycles. The molecule has 1 aromatic rings. The summed E-state index contributed by atoms with van der Waals surface area (Å²) >= 11 is 0. The molecule has 1 aliphatic rings. The first-order chi connectivity index (χ1) is 12.8. The number of hydrogen-bond acceptors (Lipinski definition) is 4. The maximum atomic E-state index is 12.2. The minimum Gasteiger partial charge on any atom is -0.444 e. The Morgan fingerprint density at radius 2 is 1.96 bits per heavy atom. The number of ether oxygens (including phenoxy) is 1. The highest BCUT2D eigenvalue weighted by Gasteiger charge is 2.34. The van der Waals surface area contributed by atoms with E-state index in [0.717, 1.165) is 5.56 Å². The Morgan fingerprint density at radius 3 is 2.56 bits per heavy atom. The third-order valence-electron chi connectivity index (χ3n) is 3.89. The van der Waals surface area contributed by atoms with Gasteiger partial charge in [0.05, 0.1) is 6.04 Å². The third-order valence-corrected chi connectivity index (χ3v) is 5.21. The summed E-state index contributed by atoms with van der Waals surface area (Å²) in [4.78, 5) is 17.8. The van der Waals surface area contributed by atoms with Crippen LogP contribution in [0, 0.1) is 0 Å². The van der Waals surface area contributed by atoms with Crippen molar-refractivity contribution in [1.29, 1.82) is 0 Å². The van der Waals surface area contributed by atoms with Crippen molar-refractivity contribution in [2.24, 2.45) is 4.99 Å². The fourth-order valence-electron chi connectivity index (χ4n) is 2.55. The summed E-state index contributed by atoms with van der Waals surface area (Å²) in [5.41, 5.74) is 0.595. The SMILES string of the molecule is CN=C(NCCS(=O)Cc1ccccc1)NC1CN(C(=O)OC(C)(C)C)C1. The molecule has 1 aromatic carbocycles. The van der Waals surface area contributed by atoms with Gasteiger partial charge < -0.3 is 20.3 Å². The molecule has 1 atom stereocenters. The monoisotopic (exact) mass is 394 g/mol. The van der Waals surface area contributed by atoms with Crippen LogP contribution in [-0.4, -0.2) is 65.2 Å². The van der Waals surface area contributed by atoms with E-state index >= 15 is 0 Å². The molecule has 150 valence electrons. The molecule has 7 nitrogen and oxygen atoms in total. The molecule has 0 saturated carbocycles. The molecule has 1 saturated heterocycles. The van der Waals surface area contributed by atoms with Gasteiger partial charge in [-0.15, -0.1) is 0 Å². The average Bonchev–Trinajstić information content (AvgIpc) is 2.55. The number of guanidine groups is 1. The van der Waals surface area contributed by atoms with E-state index in [1.165, 1.54) is 0 Å². The molecular weight excluding hydrogens is 364 g/mol.